The van der Waals surface area contributed by atoms with Gasteiger partial charge in [-0.05, 0) is 18.9 Å². The second kappa shape index (κ2) is 4.24. The summed E-state index contributed by atoms with van der Waals surface area (Å²) >= 11 is 0. The summed E-state index contributed by atoms with van der Waals surface area (Å²) in [5.74, 6) is -0.174. The molecule has 1 heterocycles. The van der Waals surface area contributed by atoms with Crippen molar-refractivity contribution < 1.29 is 23.4 Å². The molecule has 1 fully saturated rings. The van der Waals surface area contributed by atoms with Gasteiger partial charge in [0.2, 0.25) is 17.6 Å². The van der Waals surface area contributed by atoms with Gasteiger partial charge >= 0.3 is 0 Å². The van der Waals surface area contributed by atoms with E-state index in [0.717, 1.165) is 0 Å². The molecule has 0 bridgehead atoms. The van der Waals surface area contributed by atoms with E-state index in [1.807, 2.05) is 0 Å². The average Bonchev–Trinajstić information content (AvgIpc) is 3.20. The molecular formula is C13H12FNO4. The SMILES string of the molecule is COc1c(C2(N=C=O)CC2)cc2c(c1F)OCCO2. The molecule has 0 atom stereocenters. The first-order valence-electron chi connectivity index (χ1n) is 5.97. The molecule has 1 saturated carbocycles. The molecule has 1 aromatic carbocycles. The molecule has 5 nitrogen and oxygen atoms in total. The molecule has 0 unspecified atom stereocenters. The van der Waals surface area contributed by atoms with Gasteiger partial charge in [0.1, 0.15) is 18.8 Å². The zero-order valence-electron chi connectivity index (χ0n) is 10.4. The molecule has 6 heteroatoms. The van der Waals surface area contributed by atoms with Gasteiger partial charge in [-0.3, -0.25) is 0 Å². The third kappa shape index (κ3) is 1.76. The van der Waals surface area contributed by atoms with Crippen LogP contribution in [0.1, 0.15) is 18.4 Å². The van der Waals surface area contributed by atoms with Crippen LogP contribution >= 0.6 is 0 Å². The summed E-state index contributed by atoms with van der Waals surface area (Å²) in [7, 11) is 1.37. The number of benzene rings is 1. The van der Waals surface area contributed by atoms with Gasteiger partial charge in [-0.25, -0.2) is 4.79 Å². The van der Waals surface area contributed by atoms with Gasteiger partial charge in [-0.2, -0.15) is 9.38 Å². The highest BCUT2D eigenvalue weighted by atomic mass is 19.1. The monoisotopic (exact) mass is 265 g/mol. The predicted molar refractivity (Wildman–Crippen MR) is 63.0 cm³/mol. The van der Waals surface area contributed by atoms with Crippen molar-refractivity contribution in [2.45, 2.75) is 18.4 Å². The summed E-state index contributed by atoms with van der Waals surface area (Å²) in [5, 5.41) is 0. The Morgan fingerprint density at radius 2 is 2.16 bits per heavy atom. The molecule has 100 valence electrons. The van der Waals surface area contributed by atoms with E-state index in [4.69, 9.17) is 14.2 Å². The van der Waals surface area contributed by atoms with Crippen LogP contribution in [0, 0.1) is 5.82 Å². The number of halogens is 1. The maximum atomic E-state index is 14.3. The summed E-state index contributed by atoms with van der Waals surface area (Å²) in [6.45, 7) is 0.659. The lowest BCUT2D eigenvalue weighted by atomic mass is 10.0. The van der Waals surface area contributed by atoms with Crippen molar-refractivity contribution >= 4 is 6.08 Å². The van der Waals surface area contributed by atoms with Gasteiger partial charge in [0.05, 0.1) is 7.11 Å². The number of methoxy groups -OCH3 is 1. The van der Waals surface area contributed by atoms with Crippen molar-refractivity contribution in [1.82, 2.24) is 0 Å². The molecular weight excluding hydrogens is 253 g/mol. The predicted octanol–water partition coefficient (Wildman–Crippen LogP) is 1.93. The molecule has 1 aliphatic heterocycles. The molecule has 1 aliphatic carbocycles. The first-order valence-corrected chi connectivity index (χ1v) is 5.97. The minimum atomic E-state index is -0.718. The average molecular weight is 265 g/mol. The lowest BCUT2D eigenvalue weighted by Gasteiger charge is -2.23. The highest BCUT2D eigenvalue weighted by Gasteiger charge is 2.48. The van der Waals surface area contributed by atoms with E-state index < -0.39 is 11.4 Å². The van der Waals surface area contributed by atoms with Crippen molar-refractivity contribution in [3.8, 4) is 17.2 Å². The van der Waals surface area contributed by atoms with Gasteiger partial charge in [0.25, 0.3) is 0 Å². The fourth-order valence-corrected chi connectivity index (χ4v) is 2.32. The summed E-state index contributed by atoms with van der Waals surface area (Å²) in [6, 6.07) is 1.64. The first-order chi connectivity index (χ1) is 9.22. The summed E-state index contributed by atoms with van der Waals surface area (Å²) < 4.78 is 30.1. The van der Waals surface area contributed by atoms with Gasteiger partial charge in [-0.15, -0.1) is 0 Å². The molecule has 0 saturated heterocycles. The number of carbonyl (C=O) groups excluding carboxylic acids is 1. The standard InChI is InChI=1S/C13H12FNO4/c1-17-11-8(13(2-3-13)15-7-16)6-9-12(10(11)14)19-5-4-18-9/h6H,2-5H2,1H3. The van der Waals surface area contributed by atoms with E-state index in [-0.39, 0.29) is 11.5 Å². The van der Waals surface area contributed by atoms with Crippen LogP contribution in [0.2, 0.25) is 0 Å². The highest BCUT2D eigenvalue weighted by molar-refractivity contribution is 5.57. The Kier molecular flexibility index (Phi) is 2.68. The first kappa shape index (κ1) is 12.0. The van der Waals surface area contributed by atoms with Crippen molar-refractivity contribution in [2.75, 3.05) is 20.3 Å². The fraction of sp³-hybridized carbons (Fsp3) is 0.462. The Labute approximate surface area is 109 Å². The van der Waals surface area contributed by atoms with Crippen LogP contribution in [0.3, 0.4) is 0 Å². The van der Waals surface area contributed by atoms with Crippen LogP contribution in [-0.2, 0) is 10.3 Å². The molecule has 0 aromatic heterocycles. The van der Waals surface area contributed by atoms with Crippen LogP contribution in [0.4, 0.5) is 4.39 Å². The van der Waals surface area contributed by atoms with Crippen LogP contribution in [0.25, 0.3) is 0 Å². The van der Waals surface area contributed by atoms with Crippen molar-refractivity contribution in [2.24, 2.45) is 4.99 Å². The highest BCUT2D eigenvalue weighted by Crippen LogP contribution is 2.55. The Hall–Kier alpha value is -2.07. The van der Waals surface area contributed by atoms with Gasteiger partial charge in [-0.1, -0.05) is 0 Å². The van der Waals surface area contributed by atoms with E-state index in [1.165, 1.54) is 7.11 Å². The number of aliphatic imine (C=N–C) groups is 1. The second-order valence-corrected chi connectivity index (χ2v) is 4.53. The van der Waals surface area contributed by atoms with E-state index >= 15 is 0 Å². The number of ether oxygens (including phenoxy) is 3. The van der Waals surface area contributed by atoms with Crippen molar-refractivity contribution in [3.05, 3.63) is 17.4 Å². The topological polar surface area (TPSA) is 57.1 Å². The van der Waals surface area contributed by atoms with E-state index in [9.17, 15) is 9.18 Å². The summed E-state index contributed by atoms with van der Waals surface area (Å²) in [5.41, 5.74) is -0.205. The van der Waals surface area contributed by atoms with E-state index in [1.54, 1.807) is 12.1 Å². The largest absolute Gasteiger partial charge is 0.493 e. The van der Waals surface area contributed by atoms with E-state index in [2.05, 4.69) is 4.99 Å². The third-order valence-corrected chi connectivity index (χ3v) is 3.42. The zero-order chi connectivity index (χ0) is 13.5. The van der Waals surface area contributed by atoms with Crippen molar-refractivity contribution in [1.29, 1.82) is 0 Å². The Balaban J connectivity index is 2.19. The Morgan fingerprint density at radius 1 is 1.42 bits per heavy atom. The van der Waals surface area contributed by atoms with Crippen molar-refractivity contribution in [3.63, 3.8) is 0 Å². The number of hydrogen-bond donors (Lipinski definition) is 0. The zero-order valence-corrected chi connectivity index (χ0v) is 10.4. The quantitative estimate of drug-likeness (QED) is 0.619. The van der Waals surface area contributed by atoms with Crippen LogP contribution < -0.4 is 14.2 Å². The van der Waals surface area contributed by atoms with Gasteiger partial charge < -0.3 is 14.2 Å². The number of hydrogen-bond acceptors (Lipinski definition) is 5. The number of isocyanates is 1. The Morgan fingerprint density at radius 3 is 2.79 bits per heavy atom. The second-order valence-electron chi connectivity index (χ2n) is 4.53. The maximum absolute atomic E-state index is 14.3. The molecule has 19 heavy (non-hydrogen) atoms. The fourth-order valence-electron chi connectivity index (χ4n) is 2.32. The molecule has 0 spiro atoms. The molecule has 2 aliphatic rings. The molecule has 0 radical (unpaired) electrons. The lowest BCUT2D eigenvalue weighted by molar-refractivity contribution is 0.162. The molecule has 1 aromatic rings. The molecule has 0 N–H and O–H groups in total. The normalized spacial score (nSPS) is 18.4. The minimum Gasteiger partial charge on any atom is -0.493 e. The molecule has 3 rings (SSSR count). The van der Waals surface area contributed by atoms with Gasteiger partial charge in [0.15, 0.2) is 11.5 Å². The number of rotatable bonds is 3. The van der Waals surface area contributed by atoms with Crippen LogP contribution in [0.15, 0.2) is 11.1 Å². The van der Waals surface area contributed by atoms with E-state index in [0.29, 0.717) is 37.4 Å². The van der Waals surface area contributed by atoms with Gasteiger partial charge in [0, 0.05) is 5.56 Å². The summed E-state index contributed by atoms with van der Waals surface area (Å²) in [6.07, 6.45) is 2.87. The minimum absolute atomic E-state index is 0.0535. The van der Waals surface area contributed by atoms with Crippen LogP contribution in [-0.4, -0.2) is 26.4 Å². The smallest absolute Gasteiger partial charge is 0.235 e. The lowest BCUT2D eigenvalue weighted by Crippen LogP contribution is -2.18. The number of fused-ring (bicyclic) bond motifs is 1. The number of nitrogens with zero attached hydrogens (tertiary/aromatic N) is 1. The maximum Gasteiger partial charge on any atom is 0.235 e. The molecule has 0 amide bonds. The Bertz CT molecular complexity index is 576. The van der Waals surface area contributed by atoms with Crippen LogP contribution in [0.5, 0.6) is 17.2 Å². The third-order valence-electron chi connectivity index (χ3n) is 3.42. The summed E-state index contributed by atoms with van der Waals surface area (Å²) in [4.78, 5) is 14.3.